The van der Waals surface area contributed by atoms with Crippen molar-refractivity contribution in [3.63, 3.8) is 0 Å². The molecule has 4 aliphatic carbocycles. The second-order valence-corrected chi connectivity index (χ2v) is 8.83. The van der Waals surface area contributed by atoms with Crippen molar-refractivity contribution in [2.24, 2.45) is 28.6 Å². The maximum absolute atomic E-state index is 12.1. The van der Waals surface area contributed by atoms with Crippen LogP contribution in [0.5, 0.6) is 0 Å². The van der Waals surface area contributed by atoms with Crippen LogP contribution in [0.4, 0.5) is 0 Å². The van der Waals surface area contributed by atoms with Crippen molar-refractivity contribution in [1.29, 1.82) is 0 Å². The van der Waals surface area contributed by atoms with E-state index in [-0.39, 0.29) is 16.6 Å². The summed E-state index contributed by atoms with van der Waals surface area (Å²) in [6.45, 7) is 6.49. The van der Waals surface area contributed by atoms with E-state index in [9.17, 15) is 9.59 Å². The Morgan fingerprint density at radius 1 is 1.09 bits per heavy atom. The summed E-state index contributed by atoms with van der Waals surface area (Å²) < 4.78 is 0. The van der Waals surface area contributed by atoms with Gasteiger partial charge in [-0.15, -0.1) is 0 Å². The minimum atomic E-state index is 0.106. The zero-order valence-electron chi connectivity index (χ0n) is 14.7. The molecule has 2 nitrogen and oxygen atoms in total. The van der Waals surface area contributed by atoms with Crippen molar-refractivity contribution in [3.05, 3.63) is 23.3 Å². The van der Waals surface area contributed by atoms with E-state index in [2.05, 4.69) is 19.9 Å². The predicted octanol–water partition coefficient (Wildman–Crippen LogP) is 4.64. The van der Waals surface area contributed by atoms with Gasteiger partial charge < -0.3 is 0 Å². The summed E-state index contributed by atoms with van der Waals surface area (Å²) in [6, 6.07) is 0. The molecule has 4 rings (SSSR count). The Morgan fingerprint density at radius 2 is 1.87 bits per heavy atom. The Morgan fingerprint density at radius 3 is 2.61 bits per heavy atom. The third kappa shape index (κ3) is 1.99. The number of carbonyl (C=O) groups excluding carboxylic acids is 2. The maximum Gasteiger partial charge on any atom is 0.156 e. The quantitative estimate of drug-likeness (QED) is 0.706. The highest BCUT2D eigenvalue weighted by atomic mass is 16.1. The lowest BCUT2D eigenvalue weighted by atomic mass is 9.47. The van der Waals surface area contributed by atoms with Crippen LogP contribution in [0.1, 0.15) is 65.7 Å². The number of fused-ring (bicyclic) bond motifs is 5. The summed E-state index contributed by atoms with van der Waals surface area (Å²) in [6.07, 6.45) is 11.7. The molecular formula is C21H28O2. The SMILES string of the molecule is CC(=O)C1=CC[C@H]2[C@@H]3CCC4=CC(=O)CC[C@@]4(C)[C@H]3CC[C@]12C. The van der Waals surface area contributed by atoms with Gasteiger partial charge in [-0.3, -0.25) is 9.59 Å². The molecule has 4 aliphatic rings. The van der Waals surface area contributed by atoms with Gasteiger partial charge in [0.1, 0.15) is 0 Å². The van der Waals surface area contributed by atoms with Gasteiger partial charge in [-0.05, 0) is 85.7 Å². The normalized spacial score (nSPS) is 45.5. The van der Waals surface area contributed by atoms with E-state index in [4.69, 9.17) is 0 Å². The van der Waals surface area contributed by atoms with Gasteiger partial charge in [-0.25, -0.2) is 0 Å². The highest BCUT2D eigenvalue weighted by Gasteiger charge is 2.57. The smallest absolute Gasteiger partial charge is 0.156 e. The van der Waals surface area contributed by atoms with E-state index >= 15 is 0 Å². The van der Waals surface area contributed by atoms with E-state index in [1.165, 1.54) is 18.4 Å². The first-order chi connectivity index (χ1) is 10.9. The average Bonchev–Trinajstić information content (AvgIpc) is 2.85. The molecule has 0 aromatic heterocycles. The van der Waals surface area contributed by atoms with Crippen LogP contribution in [-0.2, 0) is 9.59 Å². The highest BCUT2D eigenvalue weighted by Crippen LogP contribution is 2.65. The van der Waals surface area contributed by atoms with E-state index in [1.807, 2.05) is 6.08 Å². The fraction of sp³-hybridized carbons (Fsp3) is 0.714. The van der Waals surface area contributed by atoms with Crippen molar-refractivity contribution in [2.75, 3.05) is 0 Å². The summed E-state index contributed by atoms with van der Waals surface area (Å²) >= 11 is 0. The Hall–Kier alpha value is -1.18. The molecule has 23 heavy (non-hydrogen) atoms. The lowest BCUT2D eigenvalue weighted by molar-refractivity contribution is -0.118. The lowest BCUT2D eigenvalue weighted by Gasteiger charge is -2.57. The molecule has 2 heteroatoms. The van der Waals surface area contributed by atoms with Gasteiger partial charge in [0, 0.05) is 6.42 Å². The van der Waals surface area contributed by atoms with Crippen LogP contribution in [0.15, 0.2) is 23.3 Å². The number of carbonyl (C=O) groups is 2. The predicted molar refractivity (Wildman–Crippen MR) is 90.9 cm³/mol. The van der Waals surface area contributed by atoms with E-state index in [0.717, 1.165) is 43.6 Å². The third-order valence-corrected chi connectivity index (χ3v) is 7.92. The van der Waals surface area contributed by atoms with Gasteiger partial charge in [0.15, 0.2) is 11.6 Å². The molecule has 5 atom stereocenters. The van der Waals surface area contributed by atoms with Gasteiger partial charge in [-0.2, -0.15) is 0 Å². The van der Waals surface area contributed by atoms with Crippen molar-refractivity contribution < 1.29 is 9.59 Å². The molecule has 0 saturated heterocycles. The fourth-order valence-electron chi connectivity index (χ4n) is 6.67. The third-order valence-electron chi connectivity index (χ3n) is 7.92. The van der Waals surface area contributed by atoms with Crippen molar-refractivity contribution >= 4 is 11.6 Å². The lowest BCUT2D eigenvalue weighted by Crippen LogP contribution is -2.50. The second-order valence-electron chi connectivity index (χ2n) is 8.83. The first-order valence-electron chi connectivity index (χ1n) is 9.32. The number of Topliss-reactive ketones (excluding diaryl/α,β-unsaturated/α-hetero) is 1. The monoisotopic (exact) mass is 312 g/mol. The average molecular weight is 312 g/mol. The molecule has 0 aromatic rings. The summed E-state index contributed by atoms with van der Waals surface area (Å²) in [5, 5.41) is 0. The molecule has 0 spiro atoms. The first kappa shape index (κ1) is 15.4. The van der Waals surface area contributed by atoms with E-state index in [1.54, 1.807) is 6.92 Å². The first-order valence-corrected chi connectivity index (χ1v) is 9.32. The molecule has 2 fully saturated rings. The van der Waals surface area contributed by atoms with Crippen LogP contribution in [0.25, 0.3) is 0 Å². The van der Waals surface area contributed by atoms with E-state index in [0.29, 0.717) is 17.6 Å². The zero-order valence-corrected chi connectivity index (χ0v) is 14.7. The number of hydrogen-bond acceptors (Lipinski definition) is 2. The summed E-state index contributed by atoms with van der Waals surface area (Å²) in [4.78, 5) is 23.9. The molecule has 0 aromatic carbocycles. The van der Waals surface area contributed by atoms with Gasteiger partial charge in [0.25, 0.3) is 0 Å². The molecule has 0 aliphatic heterocycles. The summed E-state index contributed by atoms with van der Waals surface area (Å²) in [5.74, 6) is 2.67. The molecule has 0 N–H and O–H groups in total. The van der Waals surface area contributed by atoms with Crippen LogP contribution in [0, 0.1) is 28.6 Å². The number of allylic oxidation sites excluding steroid dienone is 4. The number of hydrogen-bond donors (Lipinski definition) is 0. The Labute approximate surface area is 139 Å². The van der Waals surface area contributed by atoms with Gasteiger partial charge in [-0.1, -0.05) is 25.5 Å². The maximum atomic E-state index is 12.1. The number of ketones is 2. The van der Waals surface area contributed by atoms with Crippen LogP contribution < -0.4 is 0 Å². The van der Waals surface area contributed by atoms with E-state index < -0.39 is 0 Å². The molecule has 124 valence electrons. The van der Waals surface area contributed by atoms with Crippen molar-refractivity contribution in [1.82, 2.24) is 0 Å². The number of rotatable bonds is 1. The Bertz CT molecular complexity index is 640. The van der Waals surface area contributed by atoms with Gasteiger partial charge in [0.2, 0.25) is 0 Å². The summed E-state index contributed by atoms with van der Waals surface area (Å²) in [7, 11) is 0. The highest BCUT2D eigenvalue weighted by molar-refractivity contribution is 5.95. The largest absolute Gasteiger partial charge is 0.295 e. The zero-order chi connectivity index (χ0) is 16.4. The molecule has 0 radical (unpaired) electrons. The molecule has 2 saturated carbocycles. The molecule has 0 amide bonds. The molecular weight excluding hydrogens is 284 g/mol. The molecule has 0 bridgehead atoms. The van der Waals surface area contributed by atoms with Crippen LogP contribution >= 0.6 is 0 Å². The van der Waals surface area contributed by atoms with Gasteiger partial charge >= 0.3 is 0 Å². The van der Waals surface area contributed by atoms with Crippen LogP contribution in [-0.4, -0.2) is 11.6 Å². The molecule has 0 unspecified atom stereocenters. The second kappa shape index (κ2) is 4.91. The Balaban J connectivity index is 1.68. The minimum absolute atomic E-state index is 0.106. The van der Waals surface area contributed by atoms with Gasteiger partial charge in [0.05, 0.1) is 0 Å². The molecule has 0 heterocycles. The van der Waals surface area contributed by atoms with Crippen LogP contribution in [0.2, 0.25) is 0 Å². The summed E-state index contributed by atoms with van der Waals surface area (Å²) in [5.41, 5.74) is 2.87. The standard InChI is InChI=1S/C21H28O2/c1-13(22)17-6-7-18-16-5-4-14-12-15(23)8-10-20(14,2)19(16)9-11-21(17,18)3/h6,12,16,18-19H,4-5,7-11H2,1-3H3/t16-,18-,19-,20+,21+/m0/s1. The van der Waals surface area contributed by atoms with Crippen molar-refractivity contribution in [2.45, 2.75) is 65.7 Å². The van der Waals surface area contributed by atoms with Crippen molar-refractivity contribution in [3.8, 4) is 0 Å². The Kier molecular flexibility index (Phi) is 3.28. The fourth-order valence-corrected chi connectivity index (χ4v) is 6.67. The van der Waals surface area contributed by atoms with Crippen LogP contribution in [0.3, 0.4) is 0 Å². The topological polar surface area (TPSA) is 34.1 Å². The minimum Gasteiger partial charge on any atom is -0.295 e.